The van der Waals surface area contributed by atoms with Gasteiger partial charge in [0.15, 0.2) is 0 Å². The Morgan fingerprint density at radius 1 is 0.535 bits per heavy atom. The summed E-state index contributed by atoms with van der Waals surface area (Å²) in [5.41, 5.74) is 10.5. The van der Waals surface area contributed by atoms with Gasteiger partial charge in [-0.25, -0.2) is 4.98 Å². The summed E-state index contributed by atoms with van der Waals surface area (Å²) in [4.78, 5) is 9.24. The number of fused-ring (bicyclic) bond motifs is 3. The number of aromatic nitrogens is 3. The maximum atomic E-state index is 4.94. The molecule has 0 saturated heterocycles. The van der Waals surface area contributed by atoms with Crippen LogP contribution in [0.15, 0.2) is 146 Å². The van der Waals surface area contributed by atoms with Gasteiger partial charge in [0.1, 0.15) is 5.82 Å². The van der Waals surface area contributed by atoms with Crippen LogP contribution in [-0.2, 0) is 6.42 Å². The van der Waals surface area contributed by atoms with E-state index in [9.17, 15) is 0 Å². The van der Waals surface area contributed by atoms with E-state index in [1.165, 1.54) is 43.8 Å². The minimum absolute atomic E-state index is 0.860. The standard InChI is InChI=1S/C40H29N3/c1-2-38-42-36-18-7-8-19-37(36)43(38)31-13-9-11-29(25-31)40-34-16-5-3-14-32(34)39(33-15-4-6-17-35(33)40)28-22-20-27(21-23-28)30-12-10-24-41-26-30/h3-26H,2H2,1H3. The SMILES string of the molecule is CCc1nc2ccccc2n1-c1cccc(-c2c3ccccc3c(-c3ccc(-c4cccnc4)cc3)c3ccccc23)c1. The van der Waals surface area contributed by atoms with Crippen molar-refractivity contribution in [2.45, 2.75) is 13.3 Å². The van der Waals surface area contributed by atoms with Gasteiger partial charge in [-0.3, -0.25) is 9.55 Å². The van der Waals surface area contributed by atoms with Gasteiger partial charge in [0, 0.05) is 24.5 Å². The van der Waals surface area contributed by atoms with Crippen LogP contribution in [0.3, 0.4) is 0 Å². The summed E-state index contributed by atoms with van der Waals surface area (Å²) >= 11 is 0. The molecule has 0 radical (unpaired) electrons. The van der Waals surface area contributed by atoms with Gasteiger partial charge in [0.25, 0.3) is 0 Å². The normalized spacial score (nSPS) is 11.5. The van der Waals surface area contributed by atoms with Gasteiger partial charge in [-0.15, -0.1) is 0 Å². The number of pyridine rings is 1. The second-order valence-corrected chi connectivity index (χ2v) is 10.9. The van der Waals surface area contributed by atoms with E-state index in [1.807, 2.05) is 18.5 Å². The van der Waals surface area contributed by atoms with E-state index in [-0.39, 0.29) is 0 Å². The van der Waals surface area contributed by atoms with Gasteiger partial charge in [-0.05, 0) is 85.3 Å². The van der Waals surface area contributed by atoms with E-state index < -0.39 is 0 Å². The van der Waals surface area contributed by atoms with E-state index in [0.717, 1.165) is 40.1 Å². The van der Waals surface area contributed by atoms with E-state index in [4.69, 9.17) is 4.98 Å². The Labute approximate surface area is 250 Å². The Balaban J connectivity index is 1.35. The molecule has 0 N–H and O–H groups in total. The van der Waals surface area contributed by atoms with Crippen molar-refractivity contribution < 1.29 is 0 Å². The highest BCUT2D eigenvalue weighted by Gasteiger charge is 2.18. The molecule has 204 valence electrons. The first-order valence-electron chi connectivity index (χ1n) is 14.8. The lowest BCUT2D eigenvalue weighted by atomic mass is 9.85. The summed E-state index contributed by atoms with van der Waals surface area (Å²) in [5.74, 6) is 1.07. The number of rotatable bonds is 5. The zero-order valence-corrected chi connectivity index (χ0v) is 23.9. The Bertz CT molecular complexity index is 2200. The second kappa shape index (κ2) is 10.4. The zero-order valence-electron chi connectivity index (χ0n) is 23.9. The van der Waals surface area contributed by atoms with E-state index in [1.54, 1.807) is 0 Å². The molecule has 0 spiro atoms. The van der Waals surface area contributed by atoms with Crippen molar-refractivity contribution in [2.75, 3.05) is 0 Å². The molecule has 8 rings (SSSR count). The van der Waals surface area contributed by atoms with Gasteiger partial charge in [-0.1, -0.05) is 110 Å². The van der Waals surface area contributed by atoms with Crippen molar-refractivity contribution in [1.29, 1.82) is 0 Å². The van der Waals surface area contributed by atoms with Gasteiger partial charge < -0.3 is 0 Å². The lowest BCUT2D eigenvalue weighted by molar-refractivity contribution is 0.908. The van der Waals surface area contributed by atoms with Crippen molar-refractivity contribution in [1.82, 2.24) is 14.5 Å². The van der Waals surface area contributed by atoms with Crippen LogP contribution < -0.4 is 0 Å². The molecule has 0 fully saturated rings. The fourth-order valence-corrected chi connectivity index (χ4v) is 6.51. The number of hydrogen-bond acceptors (Lipinski definition) is 2. The van der Waals surface area contributed by atoms with Crippen molar-refractivity contribution in [3.05, 3.63) is 152 Å². The minimum Gasteiger partial charge on any atom is -0.296 e. The van der Waals surface area contributed by atoms with Crippen LogP contribution in [-0.4, -0.2) is 14.5 Å². The number of para-hydroxylation sites is 2. The average molecular weight is 552 g/mol. The van der Waals surface area contributed by atoms with Gasteiger partial charge in [-0.2, -0.15) is 0 Å². The molecule has 0 aliphatic heterocycles. The molecule has 3 nitrogen and oxygen atoms in total. The van der Waals surface area contributed by atoms with Crippen molar-refractivity contribution in [3.63, 3.8) is 0 Å². The van der Waals surface area contributed by atoms with Crippen LogP contribution in [0.1, 0.15) is 12.7 Å². The summed E-state index contributed by atoms with van der Waals surface area (Å²) in [6, 6.07) is 48.0. The number of hydrogen-bond donors (Lipinski definition) is 0. The lowest BCUT2D eigenvalue weighted by Crippen LogP contribution is -2.00. The monoisotopic (exact) mass is 551 g/mol. The first kappa shape index (κ1) is 25.2. The molecular formula is C40H29N3. The second-order valence-electron chi connectivity index (χ2n) is 10.9. The highest BCUT2D eigenvalue weighted by atomic mass is 15.1. The van der Waals surface area contributed by atoms with E-state index in [2.05, 4.69) is 144 Å². The molecule has 43 heavy (non-hydrogen) atoms. The number of imidazole rings is 1. The van der Waals surface area contributed by atoms with Gasteiger partial charge in [0.05, 0.1) is 11.0 Å². The summed E-state index contributed by atoms with van der Waals surface area (Å²) in [7, 11) is 0. The molecular weight excluding hydrogens is 522 g/mol. The molecule has 6 aromatic carbocycles. The molecule has 0 bridgehead atoms. The van der Waals surface area contributed by atoms with E-state index >= 15 is 0 Å². The third kappa shape index (κ3) is 4.21. The molecule has 0 aliphatic rings. The molecule has 0 atom stereocenters. The largest absolute Gasteiger partial charge is 0.296 e. The van der Waals surface area contributed by atoms with Crippen LogP contribution in [0.4, 0.5) is 0 Å². The fourth-order valence-electron chi connectivity index (χ4n) is 6.51. The smallest absolute Gasteiger partial charge is 0.114 e. The third-order valence-electron chi connectivity index (χ3n) is 8.44. The van der Waals surface area contributed by atoms with Crippen molar-refractivity contribution in [2.24, 2.45) is 0 Å². The third-order valence-corrected chi connectivity index (χ3v) is 8.44. The van der Waals surface area contributed by atoms with Crippen molar-refractivity contribution in [3.8, 4) is 39.1 Å². The highest BCUT2D eigenvalue weighted by Crippen LogP contribution is 2.44. The highest BCUT2D eigenvalue weighted by molar-refractivity contribution is 6.21. The summed E-state index contributed by atoms with van der Waals surface area (Å²) in [6.45, 7) is 2.17. The topological polar surface area (TPSA) is 30.7 Å². The average Bonchev–Trinajstić information content (AvgIpc) is 3.46. The quantitative estimate of drug-likeness (QED) is 0.199. The molecule has 3 heteroatoms. The summed E-state index contributed by atoms with van der Waals surface area (Å²) in [5, 5.41) is 4.99. The first-order valence-corrected chi connectivity index (χ1v) is 14.8. The molecule has 2 heterocycles. The van der Waals surface area contributed by atoms with Crippen LogP contribution in [0.5, 0.6) is 0 Å². The predicted octanol–water partition coefficient (Wildman–Crippen LogP) is 10.3. The predicted molar refractivity (Wildman–Crippen MR) is 180 cm³/mol. The zero-order chi connectivity index (χ0) is 28.8. The van der Waals surface area contributed by atoms with E-state index in [0.29, 0.717) is 0 Å². The number of nitrogens with zero attached hydrogens (tertiary/aromatic N) is 3. The molecule has 8 aromatic rings. The summed E-state index contributed by atoms with van der Waals surface area (Å²) in [6.07, 6.45) is 4.59. The van der Waals surface area contributed by atoms with Crippen LogP contribution in [0.2, 0.25) is 0 Å². The minimum atomic E-state index is 0.860. The van der Waals surface area contributed by atoms with Gasteiger partial charge in [0.2, 0.25) is 0 Å². The van der Waals surface area contributed by atoms with Crippen molar-refractivity contribution >= 4 is 32.6 Å². The van der Waals surface area contributed by atoms with Crippen LogP contribution in [0.25, 0.3) is 71.6 Å². The molecule has 0 saturated carbocycles. The Hall–Kier alpha value is -5.54. The molecule has 0 aliphatic carbocycles. The number of aryl methyl sites for hydroxylation is 1. The summed E-state index contributed by atoms with van der Waals surface area (Å²) < 4.78 is 2.31. The van der Waals surface area contributed by atoms with Crippen LogP contribution >= 0.6 is 0 Å². The first-order chi connectivity index (χ1) is 21.3. The van der Waals surface area contributed by atoms with Gasteiger partial charge >= 0.3 is 0 Å². The lowest BCUT2D eigenvalue weighted by Gasteiger charge is -2.18. The molecule has 0 unspecified atom stereocenters. The van der Waals surface area contributed by atoms with Crippen LogP contribution in [0, 0.1) is 0 Å². The maximum Gasteiger partial charge on any atom is 0.114 e. The molecule has 2 aromatic heterocycles. The molecule has 0 amide bonds. The maximum absolute atomic E-state index is 4.94. The number of benzene rings is 6. The fraction of sp³-hybridized carbons (Fsp3) is 0.0500. The Morgan fingerprint density at radius 2 is 1.14 bits per heavy atom. The Morgan fingerprint density at radius 3 is 1.79 bits per heavy atom. The Kier molecular flexibility index (Phi) is 6.08.